The Bertz CT molecular complexity index is 417. The van der Waals surface area contributed by atoms with Crippen LogP contribution in [-0.2, 0) is 18.4 Å². The standard InChI is InChI=1S/C13H22N4O/c1-16(8-11-7-15-17(2)9-11)12(18)6-13(10-14)4-3-5-13/h7,9H,3-6,8,10,14H2,1-2H3. The zero-order chi connectivity index (χ0) is 13.2. The second-order valence-corrected chi connectivity index (χ2v) is 5.51. The number of hydrogen-bond acceptors (Lipinski definition) is 3. The predicted octanol–water partition coefficient (Wildman–Crippen LogP) is 0.898. The number of aromatic nitrogens is 2. The van der Waals surface area contributed by atoms with Gasteiger partial charge in [0.25, 0.3) is 0 Å². The summed E-state index contributed by atoms with van der Waals surface area (Å²) in [6, 6.07) is 0. The van der Waals surface area contributed by atoms with E-state index in [2.05, 4.69) is 5.10 Å². The average molecular weight is 250 g/mol. The fourth-order valence-electron chi connectivity index (χ4n) is 2.50. The summed E-state index contributed by atoms with van der Waals surface area (Å²) in [6.07, 6.45) is 7.71. The maximum Gasteiger partial charge on any atom is 0.223 e. The largest absolute Gasteiger partial charge is 0.341 e. The average Bonchev–Trinajstić information content (AvgIpc) is 2.69. The highest BCUT2D eigenvalue weighted by Gasteiger charge is 2.38. The van der Waals surface area contributed by atoms with Gasteiger partial charge < -0.3 is 10.6 Å². The van der Waals surface area contributed by atoms with E-state index in [1.54, 1.807) is 15.8 Å². The molecular formula is C13H22N4O. The molecule has 0 unspecified atom stereocenters. The van der Waals surface area contributed by atoms with Crippen LogP contribution in [0.3, 0.4) is 0 Å². The quantitative estimate of drug-likeness (QED) is 0.844. The Balaban J connectivity index is 1.88. The van der Waals surface area contributed by atoms with Crippen LogP contribution in [0.5, 0.6) is 0 Å². The van der Waals surface area contributed by atoms with Crippen molar-refractivity contribution < 1.29 is 4.79 Å². The number of carbonyl (C=O) groups excluding carboxylic acids is 1. The molecule has 100 valence electrons. The number of rotatable bonds is 5. The van der Waals surface area contributed by atoms with E-state index in [0.29, 0.717) is 19.5 Å². The molecule has 1 saturated carbocycles. The van der Waals surface area contributed by atoms with Gasteiger partial charge in [-0.15, -0.1) is 0 Å². The molecular weight excluding hydrogens is 228 g/mol. The highest BCUT2D eigenvalue weighted by molar-refractivity contribution is 5.76. The Morgan fingerprint density at radius 3 is 2.78 bits per heavy atom. The molecule has 1 amide bonds. The highest BCUT2D eigenvalue weighted by Crippen LogP contribution is 2.43. The van der Waals surface area contributed by atoms with Gasteiger partial charge in [0.1, 0.15) is 0 Å². The summed E-state index contributed by atoms with van der Waals surface area (Å²) in [6.45, 7) is 1.24. The summed E-state index contributed by atoms with van der Waals surface area (Å²) < 4.78 is 1.75. The van der Waals surface area contributed by atoms with Gasteiger partial charge in [-0.3, -0.25) is 9.48 Å². The Labute approximate surface area is 108 Å². The fourth-order valence-corrected chi connectivity index (χ4v) is 2.50. The molecule has 0 bridgehead atoms. The van der Waals surface area contributed by atoms with Crippen LogP contribution in [-0.4, -0.2) is 34.2 Å². The molecule has 5 nitrogen and oxygen atoms in total. The van der Waals surface area contributed by atoms with Crippen LogP contribution in [0.25, 0.3) is 0 Å². The SMILES string of the molecule is CN(Cc1cnn(C)c1)C(=O)CC1(CN)CCC1. The summed E-state index contributed by atoms with van der Waals surface area (Å²) in [4.78, 5) is 13.9. The van der Waals surface area contributed by atoms with Crippen molar-refractivity contribution in [2.75, 3.05) is 13.6 Å². The van der Waals surface area contributed by atoms with E-state index in [1.807, 2.05) is 20.3 Å². The summed E-state index contributed by atoms with van der Waals surface area (Å²) in [5, 5.41) is 4.11. The van der Waals surface area contributed by atoms with E-state index in [0.717, 1.165) is 18.4 Å². The lowest BCUT2D eigenvalue weighted by molar-refractivity contribution is -0.134. The van der Waals surface area contributed by atoms with Crippen LogP contribution < -0.4 is 5.73 Å². The van der Waals surface area contributed by atoms with E-state index >= 15 is 0 Å². The van der Waals surface area contributed by atoms with Crippen molar-refractivity contribution in [1.82, 2.24) is 14.7 Å². The van der Waals surface area contributed by atoms with Gasteiger partial charge in [-0.05, 0) is 24.8 Å². The molecule has 1 aliphatic carbocycles. The van der Waals surface area contributed by atoms with E-state index in [1.165, 1.54) is 6.42 Å². The van der Waals surface area contributed by atoms with Gasteiger partial charge in [0.05, 0.1) is 6.20 Å². The number of amides is 1. The molecule has 1 aliphatic rings. The monoisotopic (exact) mass is 250 g/mol. The first kappa shape index (κ1) is 13.1. The van der Waals surface area contributed by atoms with E-state index in [9.17, 15) is 4.79 Å². The molecule has 0 atom stereocenters. The van der Waals surface area contributed by atoms with Crippen molar-refractivity contribution in [3.63, 3.8) is 0 Å². The lowest BCUT2D eigenvalue weighted by Gasteiger charge is -2.41. The van der Waals surface area contributed by atoms with Crippen LogP contribution in [0.4, 0.5) is 0 Å². The first-order valence-electron chi connectivity index (χ1n) is 6.46. The van der Waals surface area contributed by atoms with E-state index < -0.39 is 0 Å². The summed E-state index contributed by atoms with van der Waals surface area (Å²) >= 11 is 0. The molecule has 2 rings (SSSR count). The molecule has 1 heterocycles. The second-order valence-electron chi connectivity index (χ2n) is 5.51. The van der Waals surface area contributed by atoms with Crippen molar-refractivity contribution >= 4 is 5.91 Å². The molecule has 5 heteroatoms. The van der Waals surface area contributed by atoms with Crippen LogP contribution in [0.1, 0.15) is 31.2 Å². The number of carbonyl (C=O) groups is 1. The molecule has 1 aromatic rings. The molecule has 2 N–H and O–H groups in total. The zero-order valence-corrected chi connectivity index (χ0v) is 11.2. The van der Waals surface area contributed by atoms with Crippen LogP contribution >= 0.6 is 0 Å². The molecule has 0 aliphatic heterocycles. The van der Waals surface area contributed by atoms with Crippen LogP contribution in [0, 0.1) is 5.41 Å². The molecule has 0 saturated heterocycles. The molecule has 0 aromatic carbocycles. The third kappa shape index (κ3) is 2.72. The molecule has 0 radical (unpaired) electrons. The van der Waals surface area contributed by atoms with Crippen LogP contribution in [0.15, 0.2) is 12.4 Å². The van der Waals surface area contributed by atoms with Gasteiger partial charge in [-0.25, -0.2) is 0 Å². The Morgan fingerprint density at radius 1 is 1.61 bits per heavy atom. The number of nitrogens with zero attached hydrogens (tertiary/aromatic N) is 3. The van der Waals surface area contributed by atoms with Gasteiger partial charge in [0.2, 0.25) is 5.91 Å². The maximum atomic E-state index is 12.2. The number of hydrogen-bond donors (Lipinski definition) is 1. The summed E-state index contributed by atoms with van der Waals surface area (Å²) in [7, 11) is 3.72. The second kappa shape index (κ2) is 5.10. The Hall–Kier alpha value is -1.36. The van der Waals surface area contributed by atoms with E-state index in [-0.39, 0.29) is 11.3 Å². The molecule has 1 fully saturated rings. The predicted molar refractivity (Wildman–Crippen MR) is 69.6 cm³/mol. The lowest BCUT2D eigenvalue weighted by Crippen LogP contribution is -2.42. The third-order valence-electron chi connectivity index (χ3n) is 3.98. The Morgan fingerprint density at radius 2 is 2.33 bits per heavy atom. The summed E-state index contributed by atoms with van der Waals surface area (Å²) in [5.41, 5.74) is 6.93. The number of aryl methyl sites for hydroxylation is 1. The van der Waals surface area contributed by atoms with Crippen molar-refractivity contribution in [3.05, 3.63) is 18.0 Å². The minimum atomic E-state index is 0.0836. The molecule has 18 heavy (non-hydrogen) atoms. The van der Waals surface area contributed by atoms with Crippen molar-refractivity contribution in [2.24, 2.45) is 18.2 Å². The smallest absolute Gasteiger partial charge is 0.223 e. The normalized spacial score (nSPS) is 17.3. The third-order valence-corrected chi connectivity index (χ3v) is 3.98. The van der Waals surface area contributed by atoms with Crippen molar-refractivity contribution in [2.45, 2.75) is 32.2 Å². The highest BCUT2D eigenvalue weighted by atomic mass is 16.2. The van der Waals surface area contributed by atoms with Gasteiger partial charge in [-0.1, -0.05) is 6.42 Å². The maximum absolute atomic E-state index is 12.2. The van der Waals surface area contributed by atoms with Gasteiger partial charge in [0.15, 0.2) is 0 Å². The van der Waals surface area contributed by atoms with Crippen molar-refractivity contribution in [1.29, 1.82) is 0 Å². The Kier molecular flexibility index (Phi) is 3.71. The topological polar surface area (TPSA) is 64.2 Å². The lowest BCUT2D eigenvalue weighted by atomic mass is 9.66. The molecule has 0 spiro atoms. The molecule has 1 aromatic heterocycles. The fraction of sp³-hybridized carbons (Fsp3) is 0.692. The first-order valence-corrected chi connectivity index (χ1v) is 6.46. The summed E-state index contributed by atoms with van der Waals surface area (Å²) in [5.74, 6) is 0.184. The van der Waals surface area contributed by atoms with E-state index in [4.69, 9.17) is 5.73 Å². The minimum Gasteiger partial charge on any atom is -0.341 e. The van der Waals surface area contributed by atoms with Gasteiger partial charge in [-0.2, -0.15) is 5.10 Å². The number of nitrogens with two attached hydrogens (primary N) is 1. The van der Waals surface area contributed by atoms with Gasteiger partial charge >= 0.3 is 0 Å². The van der Waals surface area contributed by atoms with Crippen molar-refractivity contribution in [3.8, 4) is 0 Å². The zero-order valence-electron chi connectivity index (χ0n) is 11.2. The first-order chi connectivity index (χ1) is 8.54. The minimum absolute atomic E-state index is 0.0836. The van der Waals surface area contributed by atoms with Crippen LogP contribution in [0.2, 0.25) is 0 Å². The van der Waals surface area contributed by atoms with Gasteiger partial charge in [0, 0.05) is 38.8 Å².